The summed E-state index contributed by atoms with van der Waals surface area (Å²) in [6, 6.07) is 7.36. The molecule has 1 aliphatic heterocycles. The average molecular weight is 439 g/mol. The van der Waals surface area contributed by atoms with Crippen LogP contribution in [0.5, 0.6) is 0 Å². The smallest absolute Gasteiger partial charge is 0.258 e. The van der Waals surface area contributed by atoms with E-state index in [1.807, 2.05) is 11.8 Å². The Bertz CT molecular complexity index is 1150. The maximum Gasteiger partial charge on any atom is 0.258 e. The molecule has 0 radical (unpaired) electrons. The van der Waals surface area contributed by atoms with Gasteiger partial charge in [0, 0.05) is 44.6 Å². The topological polar surface area (TPSA) is 89.3 Å². The number of rotatable bonds is 7. The number of aromatic nitrogens is 3. The first kappa shape index (κ1) is 21.9. The van der Waals surface area contributed by atoms with E-state index in [0.717, 1.165) is 19.4 Å². The molecule has 0 bridgehead atoms. The van der Waals surface area contributed by atoms with Crippen molar-refractivity contribution in [3.63, 3.8) is 0 Å². The zero-order valence-corrected chi connectivity index (χ0v) is 18.2. The molecule has 1 atom stereocenters. The van der Waals surface area contributed by atoms with E-state index in [4.69, 9.17) is 4.74 Å². The number of benzene rings is 1. The van der Waals surface area contributed by atoms with Crippen LogP contribution < -0.4 is 5.32 Å². The number of hydrogen-bond donors (Lipinski definition) is 1. The van der Waals surface area contributed by atoms with Crippen LogP contribution >= 0.6 is 0 Å². The Labute approximate surface area is 185 Å². The Hall–Kier alpha value is -3.33. The summed E-state index contributed by atoms with van der Waals surface area (Å²) in [6.07, 6.45) is 4.22. The molecular weight excluding hydrogens is 413 g/mol. The number of pyridine rings is 1. The van der Waals surface area contributed by atoms with Gasteiger partial charge in [-0.05, 0) is 50.5 Å². The minimum Gasteiger partial charge on any atom is -0.385 e. The van der Waals surface area contributed by atoms with Crippen LogP contribution in [0.4, 0.5) is 10.3 Å². The van der Waals surface area contributed by atoms with Gasteiger partial charge in [0.05, 0.1) is 5.56 Å². The van der Waals surface area contributed by atoms with Gasteiger partial charge < -0.3 is 9.64 Å². The van der Waals surface area contributed by atoms with Crippen molar-refractivity contribution in [1.82, 2.24) is 19.4 Å². The van der Waals surface area contributed by atoms with E-state index in [1.54, 1.807) is 23.9 Å². The van der Waals surface area contributed by atoms with E-state index in [2.05, 4.69) is 15.3 Å². The predicted octanol–water partition coefficient (Wildman–Crippen LogP) is 3.48. The number of imidazole rings is 1. The second kappa shape index (κ2) is 9.44. The molecule has 1 fully saturated rings. The number of fused-ring (bicyclic) bond motifs is 1. The van der Waals surface area contributed by atoms with Crippen molar-refractivity contribution < 1.29 is 18.7 Å². The molecular formula is C23H26FN5O3. The molecule has 0 spiro atoms. The third kappa shape index (κ3) is 4.47. The lowest BCUT2D eigenvalue weighted by atomic mass is 10.2. The molecule has 0 saturated carbocycles. The molecule has 9 heteroatoms. The van der Waals surface area contributed by atoms with Crippen molar-refractivity contribution in [3.05, 3.63) is 53.5 Å². The molecule has 1 aromatic carbocycles. The maximum absolute atomic E-state index is 13.5. The number of amides is 2. The van der Waals surface area contributed by atoms with Crippen LogP contribution in [0.1, 0.15) is 46.9 Å². The molecule has 1 N–H and O–H groups in total. The van der Waals surface area contributed by atoms with Gasteiger partial charge in [-0.2, -0.15) is 0 Å². The van der Waals surface area contributed by atoms with E-state index < -0.39 is 11.7 Å². The van der Waals surface area contributed by atoms with E-state index in [0.29, 0.717) is 36.3 Å². The summed E-state index contributed by atoms with van der Waals surface area (Å²) in [5.41, 5.74) is 1.72. The fraction of sp³-hybridized carbons (Fsp3) is 0.391. The van der Waals surface area contributed by atoms with Crippen LogP contribution in [0.25, 0.3) is 11.2 Å². The third-order valence-electron chi connectivity index (χ3n) is 5.69. The lowest BCUT2D eigenvalue weighted by Gasteiger charge is -2.21. The maximum atomic E-state index is 13.5. The zero-order chi connectivity index (χ0) is 22.7. The number of carbonyl (C=O) groups excluding carboxylic acids is 2. The summed E-state index contributed by atoms with van der Waals surface area (Å²) < 4.78 is 20.4. The fourth-order valence-electron chi connectivity index (χ4n) is 4.01. The van der Waals surface area contributed by atoms with Crippen molar-refractivity contribution in [1.29, 1.82) is 0 Å². The van der Waals surface area contributed by atoms with Gasteiger partial charge in [-0.25, -0.2) is 14.4 Å². The average Bonchev–Trinajstić information content (AvgIpc) is 3.36. The largest absolute Gasteiger partial charge is 0.385 e. The summed E-state index contributed by atoms with van der Waals surface area (Å²) in [7, 11) is 1.62. The number of carbonyl (C=O) groups is 2. The molecule has 3 heterocycles. The van der Waals surface area contributed by atoms with Crippen LogP contribution in [0.15, 0.2) is 36.5 Å². The van der Waals surface area contributed by atoms with Crippen molar-refractivity contribution in [2.75, 3.05) is 25.6 Å². The van der Waals surface area contributed by atoms with Gasteiger partial charge in [0.2, 0.25) is 5.95 Å². The van der Waals surface area contributed by atoms with Gasteiger partial charge in [0.1, 0.15) is 11.3 Å². The van der Waals surface area contributed by atoms with Crippen molar-refractivity contribution >= 4 is 28.9 Å². The van der Waals surface area contributed by atoms with Crippen LogP contribution in [0.3, 0.4) is 0 Å². The van der Waals surface area contributed by atoms with Crippen LogP contribution in [-0.4, -0.2) is 57.6 Å². The number of nitrogens with one attached hydrogen (secondary N) is 1. The molecule has 1 aliphatic rings. The number of aryl methyl sites for hydroxylation is 1. The number of nitrogens with zero attached hydrogens (tertiary/aromatic N) is 4. The summed E-state index contributed by atoms with van der Waals surface area (Å²) >= 11 is 0. The lowest BCUT2D eigenvalue weighted by Crippen LogP contribution is -2.33. The Morgan fingerprint density at radius 2 is 2.12 bits per heavy atom. The molecule has 2 aromatic heterocycles. The standard InChI is InChI=1S/C23H26FN5O3/c1-15-6-4-9-28(15)22(31)17-13-19-20(25-14-17)29(10-5-11-32-2)23(26-19)27-21(30)16-7-3-8-18(24)12-16/h3,7-8,12-15H,4-6,9-11H2,1-2H3,(H,26,27,30)/t15-/m1/s1. The van der Waals surface area contributed by atoms with Gasteiger partial charge in [-0.1, -0.05) is 6.07 Å². The molecule has 8 nitrogen and oxygen atoms in total. The van der Waals surface area contributed by atoms with Crippen molar-refractivity contribution in [2.45, 2.75) is 38.8 Å². The minimum atomic E-state index is -0.493. The van der Waals surface area contributed by atoms with Gasteiger partial charge in [-0.3, -0.25) is 19.5 Å². The summed E-state index contributed by atoms with van der Waals surface area (Å²) in [5, 5.41) is 2.75. The zero-order valence-electron chi connectivity index (χ0n) is 18.2. The van der Waals surface area contributed by atoms with Crippen LogP contribution in [0, 0.1) is 5.82 Å². The lowest BCUT2D eigenvalue weighted by molar-refractivity contribution is 0.0747. The van der Waals surface area contributed by atoms with E-state index in [1.165, 1.54) is 24.3 Å². The van der Waals surface area contributed by atoms with E-state index in [9.17, 15) is 14.0 Å². The Morgan fingerprint density at radius 3 is 2.84 bits per heavy atom. The second-order valence-electron chi connectivity index (χ2n) is 7.95. The molecule has 0 unspecified atom stereocenters. The third-order valence-corrected chi connectivity index (χ3v) is 5.69. The molecule has 1 saturated heterocycles. The van der Waals surface area contributed by atoms with Gasteiger partial charge in [-0.15, -0.1) is 0 Å². The number of methoxy groups -OCH3 is 1. The highest BCUT2D eigenvalue weighted by Gasteiger charge is 2.27. The normalized spacial score (nSPS) is 16.0. The van der Waals surface area contributed by atoms with Gasteiger partial charge >= 0.3 is 0 Å². The minimum absolute atomic E-state index is 0.0660. The van der Waals surface area contributed by atoms with E-state index >= 15 is 0 Å². The Kier molecular flexibility index (Phi) is 6.45. The molecule has 4 rings (SSSR count). The summed E-state index contributed by atoms with van der Waals surface area (Å²) in [6.45, 7) is 3.81. The monoisotopic (exact) mass is 439 g/mol. The molecule has 0 aliphatic carbocycles. The number of hydrogen-bond acceptors (Lipinski definition) is 5. The highest BCUT2D eigenvalue weighted by atomic mass is 19.1. The highest BCUT2D eigenvalue weighted by molar-refractivity contribution is 6.04. The second-order valence-corrected chi connectivity index (χ2v) is 7.95. The van der Waals surface area contributed by atoms with Gasteiger partial charge in [0.15, 0.2) is 5.65 Å². The van der Waals surface area contributed by atoms with Gasteiger partial charge in [0.25, 0.3) is 11.8 Å². The SMILES string of the molecule is COCCCn1c(NC(=O)c2cccc(F)c2)nc2cc(C(=O)N3CCC[C@H]3C)cnc21. The summed E-state index contributed by atoms with van der Waals surface area (Å²) in [5.74, 6) is -0.747. The van der Waals surface area contributed by atoms with Crippen LogP contribution in [0.2, 0.25) is 0 Å². The number of ether oxygens (including phenoxy) is 1. The number of halogens is 1. The number of anilines is 1. The Balaban J connectivity index is 1.66. The highest BCUT2D eigenvalue weighted by Crippen LogP contribution is 2.23. The first-order valence-electron chi connectivity index (χ1n) is 10.7. The number of likely N-dealkylation sites (tertiary alicyclic amines) is 1. The first-order valence-corrected chi connectivity index (χ1v) is 10.7. The summed E-state index contributed by atoms with van der Waals surface area (Å²) in [4.78, 5) is 36.5. The molecule has 3 aromatic rings. The van der Waals surface area contributed by atoms with Crippen LogP contribution in [-0.2, 0) is 11.3 Å². The molecule has 32 heavy (non-hydrogen) atoms. The van der Waals surface area contributed by atoms with Crippen molar-refractivity contribution in [3.8, 4) is 0 Å². The van der Waals surface area contributed by atoms with Crippen molar-refractivity contribution in [2.24, 2.45) is 0 Å². The Morgan fingerprint density at radius 1 is 1.28 bits per heavy atom. The molecule has 2 amide bonds. The molecule has 168 valence electrons. The predicted molar refractivity (Wildman–Crippen MR) is 118 cm³/mol. The van der Waals surface area contributed by atoms with E-state index in [-0.39, 0.29) is 23.5 Å². The first-order chi connectivity index (χ1) is 15.5. The fourth-order valence-corrected chi connectivity index (χ4v) is 4.01. The quantitative estimate of drug-likeness (QED) is 0.570.